The first-order valence-electron chi connectivity index (χ1n) is 8.84. The van der Waals surface area contributed by atoms with Gasteiger partial charge in [-0.25, -0.2) is 19.6 Å². The molecule has 2 heterocycles. The van der Waals surface area contributed by atoms with Gasteiger partial charge in [-0.05, 0) is 48.9 Å². The zero-order valence-corrected chi connectivity index (χ0v) is 15.3. The maximum Gasteiger partial charge on any atom is 0.354 e. The van der Waals surface area contributed by atoms with Crippen molar-refractivity contribution < 1.29 is 19.8 Å². The summed E-state index contributed by atoms with van der Waals surface area (Å²) in [6, 6.07) is 6.75. The van der Waals surface area contributed by atoms with Gasteiger partial charge in [0, 0.05) is 12.4 Å². The summed E-state index contributed by atoms with van der Waals surface area (Å²) in [4.78, 5) is 28.6. The number of aromatic nitrogens is 2. The van der Waals surface area contributed by atoms with Crippen LogP contribution in [0.2, 0.25) is 0 Å². The molecule has 26 heavy (non-hydrogen) atoms. The molecule has 6 nitrogen and oxygen atoms in total. The van der Waals surface area contributed by atoms with Crippen molar-refractivity contribution in [3.63, 3.8) is 0 Å². The van der Waals surface area contributed by atoms with Gasteiger partial charge in [0.25, 0.3) is 0 Å². The van der Waals surface area contributed by atoms with Crippen molar-refractivity contribution in [2.24, 2.45) is 0 Å². The zero-order valence-electron chi connectivity index (χ0n) is 15.3. The zero-order chi connectivity index (χ0) is 19.4. The molecule has 0 unspecified atom stereocenters. The van der Waals surface area contributed by atoms with Crippen LogP contribution in [0.15, 0.2) is 36.7 Å². The number of pyridine rings is 2. The molecular weight excluding hydrogens is 332 g/mol. The molecule has 0 spiro atoms. The number of rotatable bonds is 8. The van der Waals surface area contributed by atoms with Gasteiger partial charge in [-0.1, -0.05) is 38.8 Å². The summed E-state index contributed by atoms with van der Waals surface area (Å²) in [5.41, 5.74) is 2.43. The molecular formula is C20H26N2O4. The SMILES string of the molecule is CCCCc1ccc(C(=O)O)nc1.CCCCc1ccc(C(=O)O)nc1. The van der Waals surface area contributed by atoms with Crippen molar-refractivity contribution >= 4 is 11.9 Å². The van der Waals surface area contributed by atoms with Gasteiger partial charge in [-0.2, -0.15) is 0 Å². The van der Waals surface area contributed by atoms with E-state index in [1.807, 2.05) is 12.1 Å². The Morgan fingerprint density at radius 3 is 1.38 bits per heavy atom. The van der Waals surface area contributed by atoms with Crippen molar-refractivity contribution in [1.82, 2.24) is 9.97 Å². The Bertz CT molecular complexity index is 620. The topological polar surface area (TPSA) is 100 Å². The minimum atomic E-state index is -0.970. The van der Waals surface area contributed by atoms with E-state index in [9.17, 15) is 9.59 Å². The first-order valence-corrected chi connectivity index (χ1v) is 8.84. The number of aromatic carboxylic acids is 2. The molecule has 0 radical (unpaired) electrons. The van der Waals surface area contributed by atoms with E-state index in [0.717, 1.165) is 49.7 Å². The minimum absolute atomic E-state index is 0.111. The quantitative estimate of drug-likeness (QED) is 0.732. The third-order valence-electron chi connectivity index (χ3n) is 3.73. The molecule has 0 bridgehead atoms. The number of hydrogen-bond donors (Lipinski definition) is 2. The van der Waals surface area contributed by atoms with E-state index in [4.69, 9.17) is 10.2 Å². The van der Waals surface area contributed by atoms with Crippen LogP contribution in [0.3, 0.4) is 0 Å². The molecule has 2 aromatic heterocycles. The summed E-state index contributed by atoms with van der Waals surface area (Å²) in [5, 5.41) is 17.2. The molecule has 6 heteroatoms. The van der Waals surface area contributed by atoms with E-state index in [1.165, 1.54) is 0 Å². The van der Waals surface area contributed by atoms with Crippen molar-refractivity contribution in [2.75, 3.05) is 0 Å². The lowest BCUT2D eigenvalue weighted by molar-refractivity contribution is 0.0680. The first-order chi connectivity index (χ1) is 12.5. The van der Waals surface area contributed by atoms with Crippen LogP contribution < -0.4 is 0 Å². The molecule has 0 saturated heterocycles. The van der Waals surface area contributed by atoms with Gasteiger partial charge in [0.05, 0.1) is 0 Å². The number of carboxylic acids is 2. The lowest BCUT2D eigenvalue weighted by atomic mass is 10.1. The summed E-state index contributed by atoms with van der Waals surface area (Å²) < 4.78 is 0. The number of aryl methyl sites for hydroxylation is 2. The highest BCUT2D eigenvalue weighted by Crippen LogP contribution is 2.05. The van der Waals surface area contributed by atoms with Crippen LogP contribution in [0.5, 0.6) is 0 Å². The highest BCUT2D eigenvalue weighted by Gasteiger charge is 2.03. The van der Waals surface area contributed by atoms with Crippen molar-refractivity contribution in [1.29, 1.82) is 0 Å². The minimum Gasteiger partial charge on any atom is -0.477 e. The fourth-order valence-electron chi connectivity index (χ4n) is 2.16. The van der Waals surface area contributed by atoms with Gasteiger partial charge in [0.2, 0.25) is 0 Å². The van der Waals surface area contributed by atoms with E-state index >= 15 is 0 Å². The fraction of sp³-hybridized carbons (Fsp3) is 0.400. The average molecular weight is 358 g/mol. The molecule has 0 saturated carbocycles. The lowest BCUT2D eigenvalue weighted by Gasteiger charge is -1.98. The van der Waals surface area contributed by atoms with Crippen LogP contribution in [-0.4, -0.2) is 32.1 Å². The normalized spacial score (nSPS) is 9.92. The van der Waals surface area contributed by atoms with Crippen LogP contribution in [0.25, 0.3) is 0 Å². The van der Waals surface area contributed by atoms with Gasteiger partial charge >= 0.3 is 11.9 Å². The van der Waals surface area contributed by atoms with E-state index in [1.54, 1.807) is 24.5 Å². The van der Waals surface area contributed by atoms with Gasteiger partial charge < -0.3 is 10.2 Å². The van der Waals surface area contributed by atoms with Gasteiger partial charge in [0.15, 0.2) is 0 Å². The number of hydrogen-bond acceptors (Lipinski definition) is 4. The second-order valence-electron chi connectivity index (χ2n) is 5.92. The monoisotopic (exact) mass is 358 g/mol. The predicted octanol–water partition coefficient (Wildman–Crippen LogP) is 4.24. The largest absolute Gasteiger partial charge is 0.477 e. The molecule has 2 aromatic rings. The number of carbonyl (C=O) groups is 2. The van der Waals surface area contributed by atoms with E-state index < -0.39 is 11.9 Å². The molecule has 140 valence electrons. The number of carboxylic acid groups (broad SMARTS) is 2. The second-order valence-corrected chi connectivity index (χ2v) is 5.92. The molecule has 0 fully saturated rings. The van der Waals surface area contributed by atoms with Crippen LogP contribution in [-0.2, 0) is 12.8 Å². The van der Waals surface area contributed by atoms with Crippen LogP contribution in [0.1, 0.15) is 71.6 Å². The molecule has 0 aromatic carbocycles. The summed E-state index contributed by atoms with van der Waals surface area (Å²) >= 11 is 0. The Labute approximate surface area is 153 Å². The highest BCUT2D eigenvalue weighted by molar-refractivity contribution is 5.85. The van der Waals surface area contributed by atoms with Crippen LogP contribution >= 0.6 is 0 Å². The maximum atomic E-state index is 10.5. The molecule has 2 N–H and O–H groups in total. The fourth-order valence-corrected chi connectivity index (χ4v) is 2.16. The molecule has 0 aliphatic carbocycles. The van der Waals surface area contributed by atoms with Gasteiger partial charge in [-0.3, -0.25) is 0 Å². The third-order valence-corrected chi connectivity index (χ3v) is 3.73. The Balaban J connectivity index is 0.000000260. The van der Waals surface area contributed by atoms with E-state index in [-0.39, 0.29) is 11.4 Å². The van der Waals surface area contributed by atoms with Crippen molar-refractivity contribution in [3.05, 3.63) is 59.2 Å². The van der Waals surface area contributed by atoms with E-state index in [2.05, 4.69) is 23.8 Å². The molecule has 0 aliphatic rings. The first kappa shape index (κ1) is 21.3. The van der Waals surface area contributed by atoms with Crippen LogP contribution in [0.4, 0.5) is 0 Å². The van der Waals surface area contributed by atoms with Crippen molar-refractivity contribution in [2.45, 2.75) is 52.4 Å². The third kappa shape index (κ3) is 7.88. The Morgan fingerprint density at radius 2 is 1.15 bits per heavy atom. The smallest absolute Gasteiger partial charge is 0.354 e. The highest BCUT2D eigenvalue weighted by atomic mass is 16.4. The molecule has 0 amide bonds. The molecule has 0 atom stereocenters. The Morgan fingerprint density at radius 1 is 0.769 bits per heavy atom. The van der Waals surface area contributed by atoms with Gasteiger partial charge in [-0.15, -0.1) is 0 Å². The summed E-state index contributed by atoms with van der Waals surface area (Å²) in [6.07, 6.45) is 9.74. The summed E-state index contributed by atoms with van der Waals surface area (Å²) in [6.45, 7) is 4.25. The molecule has 2 rings (SSSR count). The Kier molecular flexibility index (Phi) is 9.61. The second kappa shape index (κ2) is 11.7. The van der Waals surface area contributed by atoms with Gasteiger partial charge in [0.1, 0.15) is 11.4 Å². The maximum absolute atomic E-state index is 10.5. The van der Waals surface area contributed by atoms with Crippen molar-refractivity contribution in [3.8, 4) is 0 Å². The number of nitrogens with zero attached hydrogens (tertiary/aromatic N) is 2. The summed E-state index contributed by atoms with van der Waals surface area (Å²) in [5.74, 6) is -1.94. The molecule has 0 aliphatic heterocycles. The summed E-state index contributed by atoms with van der Waals surface area (Å²) in [7, 11) is 0. The van der Waals surface area contributed by atoms with Crippen LogP contribution in [0, 0.1) is 0 Å². The number of unbranched alkanes of at least 4 members (excludes halogenated alkanes) is 2. The lowest BCUT2D eigenvalue weighted by Crippen LogP contribution is -2.00. The standard InChI is InChI=1S/2C10H13NO2/c2*1-2-3-4-8-5-6-9(10(12)13)11-7-8/h2*5-7H,2-4H2,1H3,(H,12,13). The average Bonchev–Trinajstić information content (AvgIpc) is 2.66. The van der Waals surface area contributed by atoms with E-state index in [0.29, 0.717) is 0 Å². The Hall–Kier alpha value is -2.76. The predicted molar refractivity (Wildman–Crippen MR) is 99.6 cm³/mol.